The highest BCUT2D eigenvalue weighted by Crippen LogP contribution is 2.16. The Bertz CT molecular complexity index is 464. The predicted molar refractivity (Wildman–Crippen MR) is 87.4 cm³/mol. The molecule has 1 N–H and O–H groups in total. The van der Waals surface area contributed by atoms with E-state index in [0.29, 0.717) is 6.54 Å². The van der Waals surface area contributed by atoms with Crippen molar-refractivity contribution in [3.05, 3.63) is 12.2 Å². The van der Waals surface area contributed by atoms with Crippen molar-refractivity contribution in [2.24, 2.45) is 0 Å². The fourth-order valence-electron chi connectivity index (χ4n) is 1.23. The molecule has 0 aromatic heterocycles. The Hall–Kier alpha value is -0.903. The van der Waals surface area contributed by atoms with Gasteiger partial charge in [0.05, 0.1) is 11.3 Å². The Morgan fingerprint density at radius 1 is 1.35 bits per heavy atom. The zero-order valence-corrected chi connectivity index (χ0v) is 15.1. The zero-order valence-electron chi connectivity index (χ0n) is 13.2. The predicted octanol–water partition coefficient (Wildman–Crippen LogP) is 2.27. The van der Waals surface area contributed by atoms with Crippen LogP contribution in [-0.4, -0.2) is 45.5 Å². The molecule has 4 nitrogen and oxygen atoms in total. The number of nitrogens with zero attached hydrogens (tertiary/aromatic N) is 1. The lowest BCUT2D eigenvalue weighted by Gasteiger charge is -2.27. The number of aliphatic carboxylic acids is 1. The van der Waals surface area contributed by atoms with Gasteiger partial charge < -0.3 is 5.11 Å². The molecule has 0 saturated carbocycles. The summed E-state index contributed by atoms with van der Waals surface area (Å²) in [6.07, 6.45) is 0. The van der Waals surface area contributed by atoms with Crippen LogP contribution in [0.5, 0.6) is 0 Å². The molecule has 0 radical (unpaired) electrons. The largest absolute Gasteiger partial charge is 0.478 e. The van der Waals surface area contributed by atoms with Crippen LogP contribution in [0.3, 0.4) is 0 Å². The minimum absolute atomic E-state index is 0.0254. The molecule has 0 rings (SSSR count). The quantitative estimate of drug-likeness (QED) is 0.481. The molecule has 0 amide bonds. The van der Waals surface area contributed by atoms with Gasteiger partial charge in [-0.2, -0.15) is 0 Å². The lowest BCUT2D eigenvalue weighted by molar-refractivity contribution is -0.132. The van der Waals surface area contributed by atoms with Gasteiger partial charge in [0, 0.05) is 12.1 Å². The first kappa shape index (κ1) is 19.1. The fourth-order valence-corrected chi connectivity index (χ4v) is 3.07. The van der Waals surface area contributed by atoms with E-state index < -0.39 is 29.8 Å². The van der Waals surface area contributed by atoms with E-state index >= 15 is 0 Å². The molecule has 0 aliphatic rings. The first-order valence-electron chi connectivity index (χ1n) is 6.42. The molecule has 0 fully saturated rings. The van der Waals surface area contributed by atoms with E-state index in [2.05, 4.69) is 37.7 Å². The summed E-state index contributed by atoms with van der Waals surface area (Å²) < 4.78 is 13.5. The van der Waals surface area contributed by atoms with Crippen molar-refractivity contribution in [3.63, 3.8) is 0 Å². The molecule has 1 unspecified atom stereocenters. The molecule has 20 heavy (non-hydrogen) atoms. The van der Waals surface area contributed by atoms with Crippen LogP contribution in [0.1, 0.15) is 20.8 Å². The summed E-state index contributed by atoms with van der Waals surface area (Å²) in [4.78, 5) is 10.9. The number of hydrogen-bond donors (Lipinski definition) is 1. The standard InChI is InChI=1S/C14H25NO3SSi/c1-12(13(16)17)11-15(19(18)14(2,3)4)9-8-10-20(5,6)7/h1,9,11H2,2-7H3,(H,16,17). The molecule has 114 valence electrons. The molecule has 0 aromatic carbocycles. The Labute approximate surface area is 125 Å². The maximum Gasteiger partial charge on any atom is 0.332 e. The molecule has 0 spiro atoms. The van der Waals surface area contributed by atoms with Gasteiger partial charge in [-0.3, -0.25) is 0 Å². The van der Waals surface area contributed by atoms with Crippen molar-refractivity contribution < 1.29 is 14.1 Å². The van der Waals surface area contributed by atoms with E-state index in [1.807, 2.05) is 20.8 Å². The minimum atomic E-state index is -1.49. The number of carboxylic acids is 1. The van der Waals surface area contributed by atoms with Gasteiger partial charge in [-0.1, -0.05) is 32.1 Å². The topological polar surface area (TPSA) is 57.6 Å². The summed E-state index contributed by atoms with van der Waals surface area (Å²) in [5, 5.41) is 8.92. The van der Waals surface area contributed by atoms with E-state index in [0.717, 1.165) is 0 Å². The van der Waals surface area contributed by atoms with Gasteiger partial charge in [0.25, 0.3) is 0 Å². The molecule has 0 heterocycles. The molecule has 0 bridgehead atoms. The monoisotopic (exact) mass is 315 g/mol. The highest BCUT2D eigenvalue weighted by molar-refractivity contribution is 7.84. The van der Waals surface area contributed by atoms with Gasteiger partial charge in [-0.25, -0.2) is 13.3 Å². The normalized spacial score (nSPS) is 13.6. The van der Waals surface area contributed by atoms with Crippen molar-refractivity contribution in [2.75, 3.05) is 13.1 Å². The highest BCUT2D eigenvalue weighted by atomic mass is 32.2. The Balaban J connectivity index is 5.07. The molecule has 0 saturated heterocycles. The maximum absolute atomic E-state index is 12.4. The number of rotatable bonds is 5. The second kappa shape index (κ2) is 7.20. The van der Waals surface area contributed by atoms with Crippen LogP contribution >= 0.6 is 0 Å². The van der Waals surface area contributed by atoms with E-state index in [1.165, 1.54) is 0 Å². The Kier molecular flexibility index (Phi) is 6.88. The summed E-state index contributed by atoms with van der Waals surface area (Å²) in [6.45, 7) is 15.8. The van der Waals surface area contributed by atoms with Crippen LogP contribution in [0.2, 0.25) is 19.6 Å². The third kappa shape index (κ3) is 7.63. The van der Waals surface area contributed by atoms with Crippen LogP contribution in [0, 0.1) is 11.5 Å². The van der Waals surface area contributed by atoms with Gasteiger partial charge >= 0.3 is 5.97 Å². The molecule has 6 heteroatoms. The lowest BCUT2D eigenvalue weighted by atomic mass is 10.3. The average Bonchev–Trinajstić information content (AvgIpc) is 2.23. The van der Waals surface area contributed by atoms with Crippen LogP contribution in [0.25, 0.3) is 0 Å². The van der Waals surface area contributed by atoms with Crippen molar-refractivity contribution in [1.29, 1.82) is 0 Å². The molecule has 0 aromatic rings. The summed E-state index contributed by atoms with van der Waals surface area (Å²) in [5.41, 5.74) is 3.22. The summed E-state index contributed by atoms with van der Waals surface area (Å²) in [5.74, 6) is 1.96. The number of carboxylic acid groups (broad SMARTS) is 1. The van der Waals surface area contributed by atoms with Crippen molar-refractivity contribution in [1.82, 2.24) is 4.31 Å². The Morgan fingerprint density at radius 2 is 1.85 bits per heavy atom. The van der Waals surface area contributed by atoms with Crippen molar-refractivity contribution in [2.45, 2.75) is 45.2 Å². The van der Waals surface area contributed by atoms with E-state index in [9.17, 15) is 9.00 Å². The van der Waals surface area contributed by atoms with Crippen LogP contribution in [-0.2, 0) is 15.8 Å². The smallest absolute Gasteiger partial charge is 0.332 e. The Morgan fingerprint density at radius 3 is 2.20 bits per heavy atom. The van der Waals surface area contributed by atoms with Crippen LogP contribution < -0.4 is 0 Å². The fraction of sp³-hybridized carbons (Fsp3) is 0.643. The zero-order chi connectivity index (χ0) is 16.1. The first-order chi connectivity index (χ1) is 8.84. The van der Waals surface area contributed by atoms with E-state index in [1.54, 1.807) is 4.31 Å². The minimum Gasteiger partial charge on any atom is -0.478 e. The molecule has 0 aliphatic carbocycles. The van der Waals surface area contributed by atoms with Gasteiger partial charge in [-0.05, 0) is 20.8 Å². The van der Waals surface area contributed by atoms with Gasteiger partial charge in [0.1, 0.15) is 19.1 Å². The van der Waals surface area contributed by atoms with E-state index in [4.69, 9.17) is 5.11 Å². The average molecular weight is 316 g/mol. The summed E-state index contributed by atoms with van der Waals surface area (Å²) >= 11 is 0. The summed E-state index contributed by atoms with van der Waals surface area (Å²) in [6, 6.07) is 0. The van der Waals surface area contributed by atoms with Crippen LogP contribution in [0.15, 0.2) is 12.2 Å². The summed E-state index contributed by atoms with van der Waals surface area (Å²) in [7, 11) is -2.81. The van der Waals surface area contributed by atoms with Gasteiger partial charge in [0.15, 0.2) is 0 Å². The third-order valence-corrected chi connectivity index (χ3v) is 4.85. The molecular formula is C14H25NO3SSi. The molecular weight excluding hydrogens is 290 g/mol. The van der Waals surface area contributed by atoms with Crippen LogP contribution in [0.4, 0.5) is 0 Å². The van der Waals surface area contributed by atoms with Crippen molar-refractivity contribution >= 4 is 25.0 Å². The van der Waals surface area contributed by atoms with Gasteiger partial charge in [-0.15, -0.1) is 5.54 Å². The number of hydrogen-bond acceptors (Lipinski definition) is 2. The second-order valence-corrected chi connectivity index (χ2v) is 13.6. The highest BCUT2D eigenvalue weighted by Gasteiger charge is 2.27. The molecule has 1 atom stereocenters. The third-order valence-electron chi connectivity index (χ3n) is 2.15. The lowest BCUT2D eigenvalue weighted by Crippen LogP contribution is -2.39. The van der Waals surface area contributed by atoms with E-state index in [-0.39, 0.29) is 12.1 Å². The first-order valence-corrected chi connectivity index (χ1v) is 11.0. The van der Waals surface area contributed by atoms with Gasteiger partial charge in [0.2, 0.25) is 0 Å². The number of carbonyl (C=O) groups is 1. The van der Waals surface area contributed by atoms with Crippen molar-refractivity contribution in [3.8, 4) is 11.5 Å². The second-order valence-electron chi connectivity index (χ2n) is 6.62. The SMILES string of the molecule is C=C(CN(CC#C[Si](C)(C)C)S(=O)C(C)(C)C)C(=O)O. The molecule has 0 aliphatic heterocycles. The maximum atomic E-state index is 12.4.